The third kappa shape index (κ3) is 2.76. The van der Waals surface area contributed by atoms with Gasteiger partial charge in [0.15, 0.2) is 0 Å². The average molecular weight is 255 g/mol. The number of hydrogen-bond acceptors (Lipinski definition) is 2. The molecule has 2 aromatic rings. The lowest BCUT2D eigenvalue weighted by Crippen LogP contribution is -2.26. The molecule has 19 heavy (non-hydrogen) atoms. The fourth-order valence-electron chi connectivity index (χ4n) is 1.97. The van der Waals surface area contributed by atoms with E-state index in [1.807, 2.05) is 32.0 Å². The number of aryl methyl sites for hydroxylation is 2. The van der Waals surface area contributed by atoms with Crippen molar-refractivity contribution in [2.75, 3.05) is 11.9 Å². The number of hydrogen-bond donors (Lipinski definition) is 1. The van der Waals surface area contributed by atoms with Gasteiger partial charge in [0.25, 0.3) is 5.91 Å². The van der Waals surface area contributed by atoms with Crippen molar-refractivity contribution >= 4 is 11.6 Å². The van der Waals surface area contributed by atoms with Crippen LogP contribution in [0.1, 0.15) is 21.5 Å². The van der Waals surface area contributed by atoms with Crippen molar-refractivity contribution in [3.8, 4) is 5.75 Å². The van der Waals surface area contributed by atoms with Gasteiger partial charge >= 0.3 is 0 Å². The van der Waals surface area contributed by atoms with Crippen LogP contribution in [0.2, 0.25) is 0 Å². The van der Waals surface area contributed by atoms with Crippen LogP contribution >= 0.6 is 0 Å². The van der Waals surface area contributed by atoms with E-state index in [-0.39, 0.29) is 11.7 Å². The van der Waals surface area contributed by atoms with Crippen LogP contribution in [0.25, 0.3) is 0 Å². The summed E-state index contributed by atoms with van der Waals surface area (Å²) in [4.78, 5) is 14.0. The summed E-state index contributed by atoms with van der Waals surface area (Å²) in [7, 11) is 1.71. The highest BCUT2D eigenvalue weighted by atomic mass is 16.3. The van der Waals surface area contributed by atoms with Gasteiger partial charge in [-0.3, -0.25) is 4.79 Å². The zero-order valence-corrected chi connectivity index (χ0v) is 11.3. The molecule has 0 aliphatic rings. The third-order valence-corrected chi connectivity index (χ3v) is 3.15. The fourth-order valence-corrected chi connectivity index (χ4v) is 1.97. The van der Waals surface area contributed by atoms with Gasteiger partial charge in [-0.15, -0.1) is 0 Å². The highest BCUT2D eigenvalue weighted by molar-refractivity contribution is 6.06. The van der Waals surface area contributed by atoms with Gasteiger partial charge in [0.1, 0.15) is 5.75 Å². The molecule has 0 aliphatic heterocycles. The van der Waals surface area contributed by atoms with Crippen molar-refractivity contribution in [1.82, 2.24) is 0 Å². The molecule has 1 N–H and O–H groups in total. The minimum atomic E-state index is -0.0770. The predicted molar refractivity (Wildman–Crippen MR) is 76.8 cm³/mol. The van der Waals surface area contributed by atoms with Crippen LogP contribution in [0.5, 0.6) is 5.75 Å². The summed E-state index contributed by atoms with van der Waals surface area (Å²) in [6, 6.07) is 12.5. The molecule has 0 spiro atoms. The summed E-state index contributed by atoms with van der Waals surface area (Å²) in [5.41, 5.74) is 3.36. The fraction of sp³-hybridized carbons (Fsp3) is 0.188. The van der Waals surface area contributed by atoms with Crippen LogP contribution in [0.4, 0.5) is 5.69 Å². The Kier molecular flexibility index (Phi) is 3.56. The van der Waals surface area contributed by atoms with Crippen LogP contribution in [-0.4, -0.2) is 18.1 Å². The molecule has 0 unspecified atom stereocenters. The lowest BCUT2D eigenvalue weighted by atomic mass is 10.0. The Labute approximate surface area is 113 Å². The van der Waals surface area contributed by atoms with Crippen LogP contribution < -0.4 is 4.90 Å². The molecule has 0 aromatic heterocycles. The molecule has 98 valence electrons. The molecule has 2 aromatic carbocycles. The van der Waals surface area contributed by atoms with Gasteiger partial charge in [-0.2, -0.15) is 0 Å². The zero-order valence-electron chi connectivity index (χ0n) is 11.3. The summed E-state index contributed by atoms with van der Waals surface area (Å²) >= 11 is 0. The average Bonchev–Trinajstić information content (AvgIpc) is 2.40. The Morgan fingerprint density at radius 1 is 1.11 bits per heavy atom. The summed E-state index contributed by atoms with van der Waals surface area (Å²) in [5, 5.41) is 9.48. The first-order valence-electron chi connectivity index (χ1n) is 6.13. The number of nitrogens with zero attached hydrogens (tertiary/aromatic N) is 1. The van der Waals surface area contributed by atoms with Crippen LogP contribution in [0.3, 0.4) is 0 Å². The van der Waals surface area contributed by atoms with Crippen molar-refractivity contribution < 1.29 is 9.90 Å². The van der Waals surface area contributed by atoms with Gasteiger partial charge < -0.3 is 10.0 Å². The normalized spacial score (nSPS) is 10.3. The second-order valence-corrected chi connectivity index (χ2v) is 4.70. The Morgan fingerprint density at radius 2 is 1.84 bits per heavy atom. The van der Waals surface area contributed by atoms with Crippen molar-refractivity contribution in [3.63, 3.8) is 0 Å². The zero-order chi connectivity index (χ0) is 14.0. The second kappa shape index (κ2) is 5.14. The maximum Gasteiger partial charge on any atom is 0.258 e. The Morgan fingerprint density at radius 3 is 2.53 bits per heavy atom. The van der Waals surface area contributed by atoms with Gasteiger partial charge in [0.2, 0.25) is 0 Å². The number of phenols is 1. The molecular formula is C16H17NO2. The molecule has 0 saturated carbocycles. The smallest absolute Gasteiger partial charge is 0.258 e. The van der Waals surface area contributed by atoms with Gasteiger partial charge in [-0.1, -0.05) is 23.8 Å². The van der Waals surface area contributed by atoms with E-state index in [4.69, 9.17) is 0 Å². The molecule has 0 fully saturated rings. The van der Waals surface area contributed by atoms with E-state index in [0.29, 0.717) is 11.3 Å². The van der Waals surface area contributed by atoms with E-state index in [2.05, 4.69) is 0 Å². The topological polar surface area (TPSA) is 40.5 Å². The number of rotatable bonds is 2. The Bertz CT molecular complexity index is 620. The Balaban J connectivity index is 2.36. The summed E-state index contributed by atoms with van der Waals surface area (Å²) in [6.45, 7) is 3.88. The van der Waals surface area contributed by atoms with Gasteiger partial charge in [-0.25, -0.2) is 0 Å². The van der Waals surface area contributed by atoms with Crippen LogP contribution in [0, 0.1) is 13.8 Å². The summed E-state index contributed by atoms with van der Waals surface area (Å²) in [5.74, 6) is 0.0740. The summed E-state index contributed by atoms with van der Waals surface area (Å²) in [6.07, 6.45) is 0. The van der Waals surface area contributed by atoms with Crippen molar-refractivity contribution in [3.05, 3.63) is 59.2 Å². The first-order valence-corrected chi connectivity index (χ1v) is 6.13. The minimum absolute atomic E-state index is 0.0770. The van der Waals surface area contributed by atoms with E-state index in [1.165, 1.54) is 0 Å². The molecule has 3 heteroatoms. The minimum Gasteiger partial charge on any atom is -0.508 e. The lowest BCUT2D eigenvalue weighted by Gasteiger charge is -2.19. The second-order valence-electron chi connectivity index (χ2n) is 4.70. The van der Waals surface area contributed by atoms with E-state index in [1.54, 1.807) is 36.2 Å². The largest absolute Gasteiger partial charge is 0.508 e. The number of carbonyl (C=O) groups excluding carboxylic acids is 1. The quantitative estimate of drug-likeness (QED) is 0.894. The number of amides is 1. The third-order valence-electron chi connectivity index (χ3n) is 3.15. The molecule has 0 saturated heterocycles. The highest BCUT2D eigenvalue weighted by Crippen LogP contribution is 2.22. The number of aromatic hydroxyl groups is 1. The first-order chi connectivity index (χ1) is 8.99. The van der Waals surface area contributed by atoms with Crippen molar-refractivity contribution in [2.24, 2.45) is 0 Å². The van der Waals surface area contributed by atoms with Crippen LogP contribution in [0.15, 0.2) is 42.5 Å². The maximum atomic E-state index is 12.5. The molecule has 0 radical (unpaired) electrons. The highest BCUT2D eigenvalue weighted by Gasteiger charge is 2.15. The van der Waals surface area contributed by atoms with Crippen LogP contribution in [-0.2, 0) is 0 Å². The van der Waals surface area contributed by atoms with E-state index < -0.39 is 0 Å². The maximum absolute atomic E-state index is 12.5. The number of carbonyl (C=O) groups is 1. The molecule has 0 aliphatic carbocycles. The van der Waals surface area contributed by atoms with E-state index in [0.717, 1.165) is 11.1 Å². The van der Waals surface area contributed by atoms with Gasteiger partial charge in [0.05, 0.1) is 0 Å². The monoisotopic (exact) mass is 255 g/mol. The molecular weight excluding hydrogens is 238 g/mol. The number of benzene rings is 2. The lowest BCUT2D eigenvalue weighted by molar-refractivity contribution is 0.0992. The van der Waals surface area contributed by atoms with Gasteiger partial charge in [0, 0.05) is 24.4 Å². The number of phenolic OH excluding ortho intramolecular Hbond substituents is 1. The summed E-state index contributed by atoms with van der Waals surface area (Å²) < 4.78 is 0. The molecule has 0 heterocycles. The van der Waals surface area contributed by atoms with E-state index >= 15 is 0 Å². The number of anilines is 1. The van der Waals surface area contributed by atoms with Gasteiger partial charge in [-0.05, 0) is 37.6 Å². The van der Waals surface area contributed by atoms with Crippen molar-refractivity contribution in [1.29, 1.82) is 0 Å². The Hall–Kier alpha value is -2.29. The molecule has 2 rings (SSSR count). The van der Waals surface area contributed by atoms with E-state index in [9.17, 15) is 9.90 Å². The molecule has 0 bridgehead atoms. The molecule has 3 nitrogen and oxygen atoms in total. The SMILES string of the molecule is Cc1ccc(C)c(C(=O)N(C)c2cccc(O)c2)c1. The first kappa shape index (κ1) is 13.1. The molecule has 1 amide bonds. The predicted octanol–water partition coefficient (Wildman–Crippen LogP) is 3.29. The van der Waals surface area contributed by atoms with Crippen molar-refractivity contribution in [2.45, 2.75) is 13.8 Å². The molecule has 0 atom stereocenters. The standard InChI is InChI=1S/C16H17NO2/c1-11-7-8-12(2)15(9-11)16(19)17(3)13-5-4-6-14(18)10-13/h4-10,18H,1-3H3.